The summed E-state index contributed by atoms with van der Waals surface area (Å²) in [4.78, 5) is 12.2. The molecule has 0 fully saturated rings. The van der Waals surface area contributed by atoms with Crippen molar-refractivity contribution in [3.05, 3.63) is 63.6 Å². The van der Waals surface area contributed by atoms with Crippen molar-refractivity contribution in [2.45, 2.75) is 0 Å². The first-order valence-corrected chi connectivity index (χ1v) is 6.90. The number of nitrogens with one attached hydrogen (secondary N) is 1. The quantitative estimate of drug-likeness (QED) is 0.832. The van der Waals surface area contributed by atoms with E-state index < -0.39 is 0 Å². The molecule has 3 N–H and O–H groups in total. The van der Waals surface area contributed by atoms with Crippen LogP contribution >= 0.6 is 23.2 Å². The molecule has 3 nitrogen and oxygen atoms in total. The van der Waals surface area contributed by atoms with E-state index in [1.54, 1.807) is 36.4 Å². The lowest BCUT2D eigenvalue weighted by atomic mass is 10.1. The summed E-state index contributed by atoms with van der Waals surface area (Å²) in [6.07, 6.45) is 0. The number of hydrogen-bond acceptors (Lipinski definition) is 2. The Labute approximate surface area is 133 Å². The number of benzene rings is 2. The van der Waals surface area contributed by atoms with E-state index in [4.69, 9.17) is 28.9 Å². The van der Waals surface area contributed by atoms with Gasteiger partial charge in [0.15, 0.2) is 0 Å². The lowest BCUT2D eigenvalue weighted by Crippen LogP contribution is -2.11. The van der Waals surface area contributed by atoms with Crippen LogP contribution in [0.3, 0.4) is 0 Å². The number of anilines is 1. The lowest BCUT2D eigenvalue weighted by Gasteiger charge is -2.06. The summed E-state index contributed by atoms with van der Waals surface area (Å²) in [5.74, 6) is 5.38. The van der Waals surface area contributed by atoms with E-state index >= 15 is 0 Å². The second-order valence-electron chi connectivity index (χ2n) is 4.20. The van der Waals surface area contributed by atoms with Crippen molar-refractivity contribution in [2.24, 2.45) is 5.73 Å². The van der Waals surface area contributed by atoms with Crippen LogP contribution in [0.1, 0.15) is 15.9 Å². The number of nitrogens with two attached hydrogens (primary N) is 1. The third-order valence-electron chi connectivity index (χ3n) is 2.58. The molecule has 0 unspecified atom stereocenters. The summed E-state index contributed by atoms with van der Waals surface area (Å²) in [6.45, 7) is 0.289. The first-order chi connectivity index (χ1) is 10.1. The van der Waals surface area contributed by atoms with Gasteiger partial charge in [-0.25, -0.2) is 0 Å². The van der Waals surface area contributed by atoms with Crippen molar-refractivity contribution in [3.8, 4) is 11.8 Å². The van der Waals surface area contributed by atoms with Crippen LogP contribution < -0.4 is 11.1 Å². The molecular formula is C16H12Cl2N2O. The summed E-state index contributed by atoms with van der Waals surface area (Å²) in [5, 5.41) is 3.60. The molecule has 0 saturated carbocycles. The summed E-state index contributed by atoms with van der Waals surface area (Å²) < 4.78 is 0. The highest BCUT2D eigenvalue weighted by Gasteiger charge is 2.08. The fraction of sp³-hybridized carbons (Fsp3) is 0.0625. The summed E-state index contributed by atoms with van der Waals surface area (Å²) >= 11 is 11.8. The fourth-order valence-electron chi connectivity index (χ4n) is 1.72. The number of rotatable bonds is 2. The topological polar surface area (TPSA) is 55.1 Å². The normalized spacial score (nSPS) is 9.67. The fourth-order valence-corrected chi connectivity index (χ4v) is 2.24. The molecule has 0 aliphatic carbocycles. The minimum atomic E-state index is -0.289. The Morgan fingerprint density at radius 3 is 2.52 bits per heavy atom. The van der Waals surface area contributed by atoms with Crippen LogP contribution in [-0.2, 0) is 0 Å². The second kappa shape index (κ2) is 7.14. The van der Waals surface area contributed by atoms with E-state index in [9.17, 15) is 4.79 Å². The second-order valence-corrected chi connectivity index (χ2v) is 5.07. The number of carbonyl (C=O) groups excluding carboxylic acids is 1. The average Bonchev–Trinajstić information content (AvgIpc) is 2.44. The number of hydrogen-bond donors (Lipinski definition) is 2. The molecular weight excluding hydrogens is 307 g/mol. The van der Waals surface area contributed by atoms with Gasteiger partial charge in [-0.05, 0) is 36.4 Å². The molecule has 0 heterocycles. The Bertz CT molecular complexity index is 712. The average molecular weight is 319 g/mol. The number of halogens is 2. The van der Waals surface area contributed by atoms with Crippen LogP contribution in [0.25, 0.3) is 0 Å². The van der Waals surface area contributed by atoms with Crippen molar-refractivity contribution in [2.75, 3.05) is 11.9 Å². The molecule has 2 aromatic rings. The molecule has 0 bridgehead atoms. The minimum absolute atomic E-state index is 0.289. The SMILES string of the molecule is NCC#Cc1cccc(NC(=O)c2cc(Cl)cc(Cl)c2)c1. The first kappa shape index (κ1) is 15.4. The molecule has 0 spiro atoms. The Morgan fingerprint density at radius 1 is 1.14 bits per heavy atom. The molecule has 0 saturated heterocycles. The number of carbonyl (C=O) groups is 1. The van der Waals surface area contributed by atoms with Crippen LogP contribution in [-0.4, -0.2) is 12.5 Å². The van der Waals surface area contributed by atoms with Gasteiger partial charge >= 0.3 is 0 Å². The van der Waals surface area contributed by atoms with Gasteiger partial charge in [-0.3, -0.25) is 4.79 Å². The zero-order chi connectivity index (χ0) is 15.2. The van der Waals surface area contributed by atoms with Crippen LogP contribution in [0.2, 0.25) is 10.0 Å². The van der Waals surface area contributed by atoms with Gasteiger partial charge < -0.3 is 11.1 Å². The molecule has 21 heavy (non-hydrogen) atoms. The standard InChI is InChI=1S/C16H12Cl2N2O/c17-13-8-12(9-14(18)10-13)16(21)20-15-5-1-3-11(7-15)4-2-6-19/h1,3,5,7-10H,6,19H2,(H,20,21). The van der Waals surface area contributed by atoms with Gasteiger partial charge in [-0.15, -0.1) is 0 Å². The summed E-state index contributed by atoms with van der Waals surface area (Å²) in [7, 11) is 0. The minimum Gasteiger partial charge on any atom is -0.322 e. The molecule has 106 valence electrons. The van der Waals surface area contributed by atoms with Crippen LogP contribution in [0.15, 0.2) is 42.5 Å². The third kappa shape index (κ3) is 4.51. The Morgan fingerprint density at radius 2 is 1.86 bits per heavy atom. The van der Waals surface area contributed by atoms with E-state index in [0.29, 0.717) is 21.3 Å². The van der Waals surface area contributed by atoms with Crippen molar-refractivity contribution in [3.63, 3.8) is 0 Å². The molecule has 0 aliphatic rings. The summed E-state index contributed by atoms with van der Waals surface area (Å²) in [6, 6.07) is 11.9. The maximum atomic E-state index is 12.2. The largest absolute Gasteiger partial charge is 0.322 e. The van der Waals surface area contributed by atoms with Crippen molar-refractivity contribution >= 4 is 34.8 Å². The van der Waals surface area contributed by atoms with E-state index in [1.165, 1.54) is 0 Å². The Kier molecular flexibility index (Phi) is 5.24. The van der Waals surface area contributed by atoms with Gasteiger partial charge in [0.25, 0.3) is 5.91 Å². The monoisotopic (exact) mass is 318 g/mol. The molecule has 5 heteroatoms. The van der Waals surface area contributed by atoms with E-state index in [2.05, 4.69) is 17.2 Å². The lowest BCUT2D eigenvalue weighted by molar-refractivity contribution is 0.102. The third-order valence-corrected chi connectivity index (χ3v) is 3.02. The van der Waals surface area contributed by atoms with Crippen molar-refractivity contribution in [1.29, 1.82) is 0 Å². The maximum absolute atomic E-state index is 12.2. The van der Waals surface area contributed by atoms with Gasteiger partial charge in [-0.1, -0.05) is 41.1 Å². The molecule has 2 aromatic carbocycles. The smallest absolute Gasteiger partial charge is 0.255 e. The highest BCUT2D eigenvalue weighted by Crippen LogP contribution is 2.20. The Hall–Kier alpha value is -1.99. The number of amides is 1. The van der Waals surface area contributed by atoms with Crippen LogP contribution in [0.5, 0.6) is 0 Å². The van der Waals surface area contributed by atoms with Gasteiger partial charge in [-0.2, -0.15) is 0 Å². The van der Waals surface area contributed by atoms with Crippen LogP contribution in [0, 0.1) is 11.8 Å². The highest BCUT2D eigenvalue weighted by atomic mass is 35.5. The molecule has 0 atom stereocenters. The zero-order valence-corrected chi connectivity index (χ0v) is 12.5. The van der Waals surface area contributed by atoms with Crippen LogP contribution in [0.4, 0.5) is 5.69 Å². The van der Waals surface area contributed by atoms with E-state index in [-0.39, 0.29) is 12.5 Å². The molecule has 0 aliphatic heterocycles. The van der Waals surface area contributed by atoms with Gasteiger partial charge in [0, 0.05) is 26.9 Å². The molecule has 2 rings (SSSR count). The van der Waals surface area contributed by atoms with Gasteiger partial charge in [0.2, 0.25) is 0 Å². The van der Waals surface area contributed by atoms with Gasteiger partial charge in [0.1, 0.15) is 0 Å². The molecule has 1 amide bonds. The predicted octanol–water partition coefficient (Wildman–Crippen LogP) is 3.56. The maximum Gasteiger partial charge on any atom is 0.255 e. The van der Waals surface area contributed by atoms with E-state index in [1.807, 2.05) is 6.07 Å². The first-order valence-electron chi connectivity index (χ1n) is 6.15. The van der Waals surface area contributed by atoms with Crippen molar-refractivity contribution < 1.29 is 4.79 Å². The van der Waals surface area contributed by atoms with Gasteiger partial charge in [0.05, 0.1) is 6.54 Å². The van der Waals surface area contributed by atoms with Crippen molar-refractivity contribution in [1.82, 2.24) is 0 Å². The predicted molar refractivity (Wildman–Crippen MR) is 86.8 cm³/mol. The molecule has 0 aromatic heterocycles. The highest BCUT2D eigenvalue weighted by molar-refractivity contribution is 6.35. The van der Waals surface area contributed by atoms with E-state index in [0.717, 1.165) is 5.56 Å². The zero-order valence-electron chi connectivity index (χ0n) is 11.0. The Balaban J connectivity index is 2.19. The summed E-state index contributed by atoms with van der Waals surface area (Å²) in [5.41, 5.74) is 7.14. The molecule has 0 radical (unpaired) electrons.